The molecule has 0 spiro atoms. The lowest BCUT2D eigenvalue weighted by Gasteiger charge is -2.07. The Labute approximate surface area is 60.8 Å². The van der Waals surface area contributed by atoms with Crippen molar-refractivity contribution < 1.29 is 0 Å². The van der Waals surface area contributed by atoms with E-state index in [1.54, 1.807) is 0 Å². The lowest BCUT2D eigenvalue weighted by molar-refractivity contribution is 1.06. The van der Waals surface area contributed by atoms with E-state index in [1.807, 2.05) is 23.5 Å². The molecule has 2 heteroatoms. The molecule has 0 nitrogen and oxygen atoms in total. The van der Waals surface area contributed by atoms with Gasteiger partial charge >= 0.3 is 0 Å². The van der Waals surface area contributed by atoms with Crippen LogP contribution in [0.2, 0.25) is 0 Å². The second-order valence-corrected chi connectivity index (χ2v) is 4.35. The van der Waals surface area contributed by atoms with Crippen molar-refractivity contribution in [2.75, 3.05) is 12.0 Å². The fourth-order valence-electron chi connectivity index (χ4n) is 0.538. The average molecular weight is 150 g/mol. The molecule has 0 saturated heterocycles. The Morgan fingerprint density at radius 2 is 2.00 bits per heavy atom. The SMILES string of the molecule is CCSC(CC)SC. The lowest BCUT2D eigenvalue weighted by Crippen LogP contribution is -1.92. The van der Waals surface area contributed by atoms with Gasteiger partial charge in [0.2, 0.25) is 0 Å². The van der Waals surface area contributed by atoms with Crippen LogP contribution < -0.4 is 0 Å². The quantitative estimate of drug-likeness (QED) is 0.565. The van der Waals surface area contributed by atoms with Gasteiger partial charge in [0, 0.05) is 4.58 Å². The molecule has 0 amide bonds. The minimum Gasteiger partial charge on any atom is -0.151 e. The summed E-state index contributed by atoms with van der Waals surface area (Å²) < 4.78 is 0.833. The fourth-order valence-corrected chi connectivity index (χ4v) is 2.43. The van der Waals surface area contributed by atoms with Gasteiger partial charge in [-0.3, -0.25) is 0 Å². The molecule has 8 heavy (non-hydrogen) atoms. The van der Waals surface area contributed by atoms with Gasteiger partial charge < -0.3 is 0 Å². The zero-order chi connectivity index (χ0) is 6.41. The molecule has 0 radical (unpaired) electrons. The number of hydrogen-bond donors (Lipinski definition) is 0. The van der Waals surface area contributed by atoms with E-state index in [2.05, 4.69) is 20.1 Å². The molecule has 50 valence electrons. The monoisotopic (exact) mass is 150 g/mol. The van der Waals surface area contributed by atoms with E-state index >= 15 is 0 Å². The van der Waals surface area contributed by atoms with Gasteiger partial charge in [-0.25, -0.2) is 0 Å². The molecular weight excluding hydrogens is 136 g/mol. The molecule has 0 rings (SSSR count). The first kappa shape index (κ1) is 8.70. The Hall–Kier alpha value is 0.700. The van der Waals surface area contributed by atoms with Crippen molar-refractivity contribution in [2.24, 2.45) is 0 Å². The highest BCUT2D eigenvalue weighted by atomic mass is 32.2. The summed E-state index contributed by atoms with van der Waals surface area (Å²) in [7, 11) is 0. The van der Waals surface area contributed by atoms with E-state index in [1.165, 1.54) is 12.2 Å². The molecule has 0 aliphatic carbocycles. The van der Waals surface area contributed by atoms with Gasteiger partial charge in [0.1, 0.15) is 0 Å². The van der Waals surface area contributed by atoms with Gasteiger partial charge in [-0.1, -0.05) is 13.8 Å². The van der Waals surface area contributed by atoms with E-state index in [-0.39, 0.29) is 0 Å². The Kier molecular flexibility index (Phi) is 6.34. The molecule has 0 heterocycles. The van der Waals surface area contributed by atoms with Crippen molar-refractivity contribution in [3.63, 3.8) is 0 Å². The summed E-state index contributed by atoms with van der Waals surface area (Å²) in [5, 5.41) is 0. The van der Waals surface area contributed by atoms with Crippen LogP contribution in [0.4, 0.5) is 0 Å². The van der Waals surface area contributed by atoms with Crippen molar-refractivity contribution >= 4 is 23.5 Å². The van der Waals surface area contributed by atoms with Crippen molar-refractivity contribution in [3.05, 3.63) is 0 Å². The van der Waals surface area contributed by atoms with E-state index in [9.17, 15) is 0 Å². The predicted octanol–water partition coefficient (Wildman–Crippen LogP) is 2.84. The standard InChI is InChI=1S/C6H14S2/c1-4-6(7-3)8-5-2/h6H,4-5H2,1-3H3. The third kappa shape index (κ3) is 3.67. The van der Waals surface area contributed by atoms with Crippen LogP contribution in [-0.4, -0.2) is 16.6 Å². The predicted molar refractivity (Wildman–Crippen MR) is 45.7 cm³/mol. The zero-order valence-electron chi connectivity index (χ0n) is 5.81. The highest BCUT2D eigenvalue weighted by Gasteiger charge is 1.99. The van der Waals surface area contributed by atoms with Crippen LogP contribution in [0.25, 0.3) is 0 Å². The topological polar surface area (TPSA) is 0 Å². The van der Waals surface area contributed by atoms with Crippen LogP contribution in [0.15, 0.2) is 0 Å². The Morgan fingerprint density at radius 3 is 2.12 bits per heavy atom. The third-order valence-corrected chi connectivity index (χ3v) is 3.83. The molecule has 0 aliphatic rings. The maximum Gasteiger partial charge on any atom is 0.0497 e. The molecule has 0 fully saturated rings. The second kappa shape index (κ2) is 5.83. The van der Waals surface area contributed by atoms with Crippen molar-refractivity contribution in [1.29, 1.82) is 0 Å². The summed E-state index contributed by atoms with van der Waals surface area (Å²) in [6.07, 6.45) is 3.47. The molecular formula is C6H14S2. The maximum atomic E-state index is 2.24. The summed E-state index contributed by atoms with van der Waals surface area (Å²) in [6.45, 7) is 4.45. The highest BCUT2D eigenvalue weighted by Crippen LogP contribution is 2.23. The highest BCUT2D eigenvalue weighted by molar-refractivity contribution is 8.16. The van der Waals surface area contributed by atoms with E-state index in [0.717, 1.165) is 4.58 Å². The Morgan fingerprint density at radius 1 is 1.38 bits per heavy atom. The molecule has 0 aromatic carbocycles. The smallest absolute Gasteiger partial charge is 0.0497 e. The minimum absolute atomic E-state index is 0.833. The largest absolute Gasteiger partial charge is 0.151 e. The Bertz CT molecular complexity index is 41.8. The summed E-state index contributed by atoms with van der Waals surface area (Å²) in [5.41, 5.74) is 0. The summed E-state index contributed by atoms with van der Waals surface area (Å²) in [5.74, 6) is 1.25. The van der Waals surface area contributed by atoms with Gasteiger partial charge in [-0.05, 0) is 18.4 Å². The molecule has 0 aliphatic heterocycles. The van der Waals surface area contributed by atoms with Crippen LogP contribution in [0.3, 0.4) is 0 Å². The molecule has 0 bridgehead atoms. The zero-order valence-corrected chi connectivity index (χ0v) is 7.44. The van der Waals surface area contributed by atoms with Gasteiger partial charge in [-0.15, -0.1) is 11.8 Å². The van der Waals surface area contributed by atoms with E-state index in [4.69, 9.17) is 0 Å². The normalized spacial score (nSPS) is 13.9. The van der Waals surface area contributed by atoms with Crippen LogP contribution >= 0.6 is 23.5 Å². The summed E-state index contributed by atoms with van der Waals surface area (Å²) in [6, 6.07) is 0. The number of thioether (sulfide) groups is 2. The van der Waals surface area contributed by atoms with Crippen LogP contribution in [-0.2, 0) is 0 Å². The van der Waals surface area contributed by atoms with Gasteiger partial charge in [0.25, 0.3) is 0 Å². The molecule has 1 atom stereocenters. The van der Waals surface area contributed by atoms with E-state index in [0.29, 0.717) is 0 Å². The molecule has 0 aromatic heterocycles. The lowest BCUT2D eigenvalue weighted by atomic mass is 10.6. The van der Waals surface area contributed by atoms with Gasteiger partial charge in [0.15, 0.2) is 0 Å². The van der Waals surface area contributed by atoms with Crippen LogP contribution in [0, 0.1) is 0 Å². The van der Waals surface area contributed by atoms with Crippen molar-refractivity contribution in [3.8, 4) is 0 Å². The minimum atomic E-state index is 0.833. The second-order valence-electron chi connectivity index (χ2n) is 1.53. The van der Waals surface area contributed by atoms with Crippen molar-refractivity contribution in [1.82, 2.24) is 0 Å². The van der Waals surface area contributed by atoms with Crippen LogP contribution in [0.5, 0.6) is 0 Å². The van der Waals surface area contributed by atoms with Gasteiger partial charge in [-0.2, -0.15) is 11.8 Å². The number of hydrogen-bond acceptors (Lipinski definition) is 2. The van der Waals surface area contributed by atoms with Crippen LogP contribution in [0.1, 0.15) is 20.3 Å². The third-order valence-electron chi connectivity index (χ3n) is 0.949. The fraction of sp³-hybridized carbons (Fsp3) is 1.00. The van der Waals surface area contributed by atoms with Gasteiger partial charge in [0.05, 0.1) is 0 Å². The van der Waals surface area contributed by atoms with E-state index < -0.39 is 0 Å². The molecule has 0 N–H and O–H groups in total. The first-order valence-electron chi connectivity index (χ1n) is 2.99. The summed E-state index contributed by atoms with van der Waals surface area (Å²) in [4.78, 5) is 0. The molecule has 0 saturated carbocycles. The first-order chi connectivity index (χ1) is 3.85. The number of rotatable bonds is 4. The molecule has 1 unspecified atom stereocenters. The first-order valence-corrected chi connectivity index (χ1v) is 5.33. The Balaban J connectivity index is 3.07. The average Bonchev–Trinajstić information content (AvgIpc) is 1.83. The maximum absolute atomic E-state index is 2.24. The molecule has 0 aromatic rings. The van der Waals surface area contributed by atoms with Crippen molar-refractivity contribution in [2.45, 2.75) is 24.9 Å². The summed E-state index contributed by atoms with van der Waals surface area (Å²) >= 11 is 4.00.